The lowest BCUT2D eigenvalue weighted by atomic mass is 9.74. The second kappa shape index (κ2) is 7.27. The average molecular weight is 429 g/mol. The monoisotopic (exact) mass is 428 g/mol. The first kappa shape index (κ1) is 19.7. The Balaban J connectivity index is 1.54. The molecule has 0 amide bonds. The number of hydrogen-bond donors (Lipinski definition) is 0. The molecule has 7 nitrogen and oxygen atoms in total. The number of rotatable bonds is 4. The van der Waals surface area contributed by atoms with E-state index in [1.54, 1.807) is 4.68 Å². The molecule has 4 aliphatic rings. The van der Waals surface area contributed by atoms with E-state index in [4.69, 9.17) is 4.99 Å². The van der Waals surface area contributed by atoms with E-state index in [0.29, 0.717) is 5.69 Å². The number of benzene rings is 2. The zero-order valence-corrected chi connectivity index (χ0v) is 18.6. The first-order valence-corrected chi connectivity index (χ1v) is 11.2. The van der Waals surface area contributed by atoms with Gasteiger partial charge in [-0.3, -0.25) is 24.2 Å². The molecule has 0 aliphatic carbocycles. The SMILES string of the molecule is Cc1c(N=C(c2ccccc2)C23CN4CN(CN(C4)C2)C3)c(=O)n(-c2ccccc2)n1C. The summed E-state index contributed by atoms with van der Waals surface area (Å²) < 4.78 is 3.63. The molecule has 7 heteroatoms. The Hall–Kier alpha value is -3.00. The molecule has 4 saturated heterocycles. The maximum absolute atomic E-state index is 13.6. The van der Waals surface area contributed by atoms with Gasteiger partial charge < -0.3 is 0 Å². The normalized spacial score (nSPS) is 28.9. The van der Waals surface area contributed by atoms with Crippen LogP contribution in [0.25, 0.3) is 5.69 Å². The Morgan fingerprint density at radius 1 is 0.844 bits per heavy atom. The van der Waals surface area contributed by atoms with Gasteiger partial charge >= 0.3 is 0 Å². The number of nitrogens with zero attached hydrogens (tertiary/aromatic N) is 6. The smallest absolute Gasteiger partial charge is 0.283 e. The standard InChI is InChI=1S/C25H28N6O/c1-19-22(24(32)31(27(19)2)21-11-7-4-8-12-21)26-23(20-9-5-3-6-10-20)25-13-28-16-29(14-25)18-30(15-25)17-28/h3-12H,13-18H2,1-2H3. The summed E-state index contributed by atoms with van der Waals surface area (Å²) in [6.07, 6.45) is 0. The molecule has 1 aromatic heterocycles. The second-order valence-electron chi connectivity index (χ2n) is 9.43. The maximum Gasteiger partial charge on any atom is 0.297 e. The second-order valence-corrected chi connectivity index (χ2v) is 9.43. The Kier molecular flexibility index (Phi) is 4.47. The lowest BCUT2D eigenvalue weighted by Gasteiger charge is -2.60. The van der Waals surface area contributed by atoms with Crippen molar-refractivity contribution in [2.75, 3.05) is 39.6 Å². The minimum atomic E-state index is -0.109. The van der Waals surface area contributed by atoms with E-state index in [1.807, 2.05) is 55.1 Å². The van der Waals surface area contributed by atoms with Crippen molar-refractivity contribution in [2.24, 2.45) is 17.5 Å². The van der Waals surface area contributed by atoms with Crippen LogP contribution in [0, 0.1) is 12.3 Å². The minimum absolute atomic E-state index is 0.0738. The zero-order valence-electron chi connectivity index (χ0n) is 18.6. The van der Waals surface area contributed by atoms with Crippen molar-refractivity contribution in [3.63, 3.8) is 0 Å². The molecule has 32 heavy (non-hydrogen) atoms. The fraction of sp³-hybridized carbons (Fsp3) is 0.360. The molecule has 3 aromatic rings. The van der Waals surface area contributed by atoms with E-state index >= 15 is 0 Å². The summed E-state index contributed by atoms with van der Waals surface area (Å²) in [7, 11) is 1.93. The number of aromatic nitrogens is 2. The highest BCUT2D eigenvalue weighted by molar-refractivity contribution is 6.07. The molecule has 0 spiro atoms. The topological polar surface area (TPSA) is 49.0 Å². The fourth-order valence-corrected chi connectivity index (χ4v) is 5.82. The van der Waals surface area contributed by atoms with Crippen LogP contribution in [0.5, 0.6) is 0 Å². The summed E-state index contributed by atoms with van der Waals surface area (Å²) in [5.74, 6) is 0. The maximum atomic E-state index is 13.6. The van der Waals surface area contributed by atoms with Gasteiger partial charge in [-0.1, -0.05) is 48.5 Å². The summed E-state index contributed by atoms with van der Waals surface area (Å²) in [4.78, 5) is 26.3. The molecular formula is C25H28N6O. The third-order valence-corrected chi connectivity index (χ3v) is 7.08. The molecule has 0 N–H and O–H groups in total. The minimum Gasteiger partial charge on any atom is -0.283 e. The van der Waals surface area contributed by atoms with Crippen LogP contribution in [0.15, 0.2) is 70.5 Å². The van der Waals surface area contributed by atoms with Gasteiger partial charge in [-0.2, -0.15) is 0 Å². The average Bonchev–Trinajstić information content (AvgIpc) is 3.00. The van der Waals surface area contributed by atoms with Gasteiger partial charge in [0.25, 0.3) is 5.56 Å². The highest BCUT2D eigenvalue weighted by Gasteiger charge is 2.51. The van der Waals surface area contributed by atoms with Gasteiger partial charge in [0.15, 0.2) is 5.69 Å². The Bertz CT molecular complexity index is 1210. The Morgan fingerprint density at radius 3 is 1.94 bits per heavy atom. The third-order valence-electron chi connectivity index (χ3n) is 7.08. The van der Waals surface area contributed by atoms with Crippen molar-refractivity contribution in [1.82, 2.24) is 24.1 Å². The van der Waals surface area contributed by atoms with Crippen LogP contribution in [0.1, 0.15) is 11.3 Å². The van der Waals surface area contributed by atoms with Crippen molar-refractivity contribution in [2.45, 2.75) is 6.92 Å². The number of aliphatic imine (C=N–C) groups is 1. The van der Waals surface area contributed by atoms with E-state index in [9.17, 15) is 4.79 Å². The first-order chi connectivity index (χ1) is 15.5. The van der Waals surface area contributed by atoms with E-state index in [-0.39, 0.29) is 11.0 Å². The Labute approximate surface area is 187 Å². The molecule has 0 saturated carbocycles. The molecule has 164 valence electrons. The van der Waals surface area contributed by atoms with Gasteiger partial charge in [0.1, 0.15) is 0 Å². The van der Waals surface area contributed by atoms with Crippen LogP contribution in [0.3, 0.4) is 0 Å². The molecule has 0 unspecified atom stereocenters. The van der Waals surface area contributed by atoms with Crippen LogP contribution < -0.4 is 5.56 Å². The summed E-state index contributed by atoms with van der Waals surface area (Å²) in [5, 5.41) is 0. The molecule has 4 aliphatic heterocycles. The van der Waals surface area contributed by atoms with E-state index in [2.05, 4.69) is 39.0 Å². The summed E-state index contributed by atoms with van der Waals surface area (Å²) in [6.45, 7) is 7.98. The molecule has 4 bridgehead atoms. The van der Waals surface area contributed by atoms with Gasteiger partial charge in [0, 0.05) is 26.7 Å². The van der Waals surface area contributed by atoms with Crippen molar-refractivity contribution in [1.29, 1.82) is 0 Å². The summed E-state index contributed by atoms with van der Waals surface area (Å²) in [6, 6.07) is 20.2. The molecule has 5 heterocycles. The predicted molar refractivity (Wildman–Crippen MR) is 126 cm³/mol. The van der Waals surface area contributed by atoms with Crippen LogP contribution in [-0.2, 0) is 7.05 Å². The lowest BCUT2D eigenvalue weighted by Crippen LogP contribution is -2.74. The molecule has 4 fully saturated rings. The van der Waals surface area contributed by atoms with E-state index < -0.39 is 0 Å². The van der Waals surface area contributed by atoms with Gasteiger partial charge in [0.05, 0.1) is 42.5 Å². The summed E-state index contributed by atoms with van der Waals surface area (Å²) >= 11 is 0. The fourth-order valence-electron chi connectivity index (χ4n) is 5.82. The number of para-hydroxylation sites is 1. The molecule has 2 aromatic carbocycles. The predicted octanol–water partition coefficient (Wildman–Crippen LogP) is 2.41. The third kappa shape index (κ3) is 3.00. The summed E-state index contributed by atoms with van der Waals surface area (Å²) in [5.41, 5.74) is 4.21. The van der Waals surface area contributed by atoms with Crippen LogP contribution in [0.2, 0.25) is 0 Å². The van der Waals surface area contributed by atoms with E-state index in [0.717, 1.165) is 62.3 Å². The molecular weight excluding hydrogens is 400 g/mol. The zero-order chi connectivity index (χ0) is 21.9. The highest BCUT2D eigenvalue weighted by Crippen LogP contribution is 2.39. The van der Waals surface area contributed by atoms with Gasteiger partial charge in [0.2, 0.25) is 0 Å². The van der Waals surface area contributed by atoms with Crippen molar-refractivity contribution < 1.29 is 0 Å². The van der Waals surface area contributed by atoms with Crippen LogP contribution >= 0.6 is 0 Å². The van der Waals surface area contributed by atoms with Crippen molar-refractivity contribution in [3.05, 3.63) is 82.3 Å². The van der Waals surface area contributed by atoms with Gasteiger partial charge in [-0.25, -0.2) is 9.67 Å². The molecule has 0 atom stereocenters. The van der Waals surface area contributed by atoms with Crippen molar-refractivity contribution in [3.8, 4) is 5.69 Å². The Morgan fingerprint density at radius 2 is 1.38 bits per heavy atom. The quantitative estimate of drug-likeness (QED) is 0.599. The van der Waals surface area contributed by atoms with Crippen molar-refractivity contribution >= 4 is 11.4 Å². The molecule has 7 rings (SSSR count). The van der Waals surface area contributed by atoms with Gasteiger partial charge in [-0.15, -0.1) is 0 Å². The lowest BCUT2D eigenvalue weighted by molar-refractivity contribution is -0.149. The van der Waals surface area contributed by atoms with Gasteiger partial charge in [-0.05, 0) is 24.6 Å². The largest absolute Gasteiger partial charge is 0.297 e. The highest BCUT2D eigenvalue weighted by atomic mass is 16.1. The van der Waals surface area contributed by atoms with Crippen LogP contribution in [0.4, 0.5) is 5.69 Å². The van der Waals surface area contributed by atoms with Crippen LogP contribution in [-0.4, -0.2) is 69.4 Å². The number of hydrogen-bond acceptors (Lipinski definition) is 5. The first-order valence-electron chi connectivity index (χ1n) is 11.2. The molecule has 0 radical (unpaired) electrons. The van der Waals surface area contributed by atoms with E-state index in [1.165, 1.54) is 0 Å².